The molecule has 0 unspecified atom stereocenters. The average Bonchev–Trinajstić information content (AvgIpc) is 2.82. The predicted octanol–water partition coefficient (Wildman–Crippen LogP) is 1.73. The van der Waals surface area contributed by atoms with Gasteiger partial charge in [-0.3, -0.25) is 0 Å². The van der Waals surface area contributed by atoms with Crippen molar-refractivity contribution in [3.63, 3.8) is 0 Å². The number of carbonyl (C=O) groups is 1. The van der Waals surface area contributed by atoms with Crippen LogP contribution < -0.4 is 5.69 Å². The summed E-state index contributed by atoms with van der Waals surface area (Å²) in [6.45, 7) is 4.71. The van der Waals surface area contributed by atoms with Crippen molar-refractivity contribution in [2.45, 2.75) is 39.5 Å². The molecule has 0 bridgehead atoms. The first kappa shape index (κ1) is 14.8. The van der Waals surface area contributed by atoms with Crippen LogP contribution in [-0.2, 0) is 0 Å². The first-order chi connectivity index (χ1) is 9.60. The van der Waals surface area contributed by atoms with Gasteiger partial charge in [-0.15, -0.1) is 4.68 Å². The van der Waals surface area contributed by atoms with Gasteiger partial charge in [0, 0.05) is 18.1 Å². The highest BCUT2D eigenvalue weighted by molar-refractivity contribution is 6.32. The van der Waals surface area contributed by atoms with Gasteiger partial charge in [0.05, 0.1) is 5.70 Å². The molecule has 0 saturated carbocycles. The zero-order valence-corrected chi connectivity index (χ0v) is 12.4. The van der Waals surface area contributed by atoms with E-state index in [0.717, 1.165) is 28.6 Å². The molecule has 0 aromatic carbocycles. The highest BCUT2D eigenvalue weighted by atomic mass is 35.5. The number of tetrazole rings is 1. The number of allylic oxidation sites excluding steroid dienone is 2. The number of nitrogens with zero attached hydrogens (tertiary/aromatic N) is 5. The number of hydrogen-bond acceptors (Lipinski definition) is 4. The van der Waals surface area contributed by atoms with Crippen LogP contribution in [-0.4, -0.2) is 43.8 Å². The number of aromatic nitrogens is 4. The van der Waals surface area contributed by atoms with Crippen LogP contribution in [0.25, 0.3) is 5.70 Å². The molecule has 0 fully saturated rings. The van der Waals surface area contributed by atoms with E-state index >= 15 is 0 Å². The van der Waals surface area contributed by atoms with Gasteiger partial charge in [-0.25, -0.2) is 9.59 Å². The Morgan fingerprint density at radius 2 is 1.90 bits per heavy atom. The standard InChI is InChI=1S/C12H18ClN5O2/c1-3-16(4-2)11(19)18-12(20)17(14-15-18)10-8-6-5-7-9(10)13/h3-8H2,1-2H3. The summed E-state index contributed by atoms with van der Waals surface area (Å²) in [5, 5.41) is 8.09. The maximum Gasteiger partial charge on any atom is 0.377 e. The van der Waals surface area contributed by atoms with Crippen molar-refractivity contribution in [3.8, 4) is 0 Å². The Morgan fingerprint density at radius 1 is 1.25 bits per heavy atom. The lowest BCUT2D eigenvalue weighted by Crippen LogP contribution is -2.40. The molecule has 1 heterocycles. The Hall–Kier alpha value is -1.63. The molecule has 1 aromatic rings. The second kappa shape index (κ2) is 6.21. The molecule has 1 aliphatic carbocycles. The van der Waals surface area contributed by atoms with Gasteiger partial charge in [0.1, 0.15) is 0 Å². The fourth-order valence-corrected chi connectivity index (χ4v) is 2.55. The fraction of sp³-hybridized carbons (Fsp3) is 0.667. The summed E-state index contributed by atoms with van der Waals surface area (Å²) in [4.78, 5) is 25.9. The second-order valence-electron chi connectivity index (χ2n) is 4.60. The Labute approximate surface area is 121 Å². The van der Waals surface area contributed by atoms with E-state index in [2.05, 4.69) is 10.4 Å². The van der Waals surface area contributed by atoms with Crippen molar-refractivity contribution < 1.29 is 4.79 Å². The van der Waals surface area contributed by atoms with E-state index in [0.29, 0.717) is 30.2 Å². The van der Waals surface area contributed by atoms with Gasteiger partial charge < -0.3 is 4.90 Å². The molecule has 2 rings (SSSR count). The van der Waals surface area contributed by atoms with Gasteiger partial charge in [0.2, 0.25) is 0 Å². The molecular weight excluding hydrogens is 282 g/mol. The van der Waals surface area contributed by atoms with Crippen molar-refractivity contribution >= 4 is 23.3 Å². The van der Waals surface area contributed by atoms with E-state index in [1.807, 2.05) is 13.8 Å². The van der Waals surface area contributed by atoms with E-state index in [4.69, 9.17) is 11.6 Å². The normalized spacial score (nSPS) is 15.6. The third-order valence-corrected chi connectivity index (χ3v) is 3.83. The molecule has 0 spiro atoms. The maximum absolute atomic E-state index is 12.3. The minimum absolute atomic E-state index is 0.459. The van der Waals surface area contributed by atoms with E-state index in [1.165, 1.54) is 4.90 Å². The van der Waals surface area contributed by atoms with Crippen LogP contribution in [0.5, 0.6) is 0 Å². The van der Waals surface area contributed by atoms with Crippen molar-refractivity contribution in [1.82, 2.24) is 24.7 Å². The van der Waals surface area contributed by atoms with Crippen LogP contribution in [0.15, 0.2) is 9.83 Å². The summed E-state index contributed by atoms with van der Waals surface area (Å²) in [6.07, 6.45) is 3.37. The van der Waals surface area contributed by atoms with Crippen molar-refractivity contribution in [1.29, 1.82) is 0 Å². The van der Waals surface area contributed by atoms with Crippen molar-refractivity contribution in [2.75, 3.05) is 13.1 Å². The quantitative estimate of drug-likeness (QED) is 0.797. The second-order valence-corrected chi connectivity index (χ2v) is 5.05. The predicted molar refractivity (Wildman–Crippen MR) is 75.5 cm³/mol. The van der Waals surface area contributed by atoms with E-state index in [1.54, 1.807) is 0 Å². The van der Waals surface area contributed by atoms with Gasteiger partial charge in [-0.05, 0) is 50.0 Å². The summed E-state index contributed by atoms with van der Waals surface area (Å²) in [5.74, 6) is 0. The van der Waals surface area contributed by atoms with E-state index < -0.39 is 11.7 Å². The first-order valence-electron chi connectivity index (χ1n) is 6.82. The molecular formula is C12H18ClN5O2. The Morgan fingerprint density at radius 3 is 2.50 bits per heavy atom. The van der Waals surface area contributed by atoms with Crippen LogP contribution in [0, 0.1) is 0 Å². The van der Waals surface area contributed by atoms with Crippen molar-refractivity contribution in [2.24, 2.45) is 0 Å². The van der Waals surface area contributed by atoms with Crippen molar-refractivity contribution in [3.05, 3.63) is 15.5 Å². The number of rotatable bonds is 3. The lowest BCUT2D eigenvalue weighted by Gasteiger charge is -2.16. The summed E-state index contributed by atoms with van der Waals surface area (Å²) in [6, 6.07) is -0.459. The molecule has 110 valence electrons. The number of halogens is 1. The number of amides is 1. The van der Waals surface area contributed by atoms with E-state index in [9.17, 15) is 9.59 Å². The highest BCUT2D eigenvalue weighted by Crippen LogP contribution is 2.28. The lowest BCUT2D eigenvalue weighted by molar-refractivity contribution is 0.200. The van der Waals surface area contributed by atoms with Crippen LogP contribution in [0.3, 0.4) is 0 Å². The third kappa shape index (κ3) is 2.63. The molecule has 0 radical (unpaired) electrons. The SMILES string of the molecule is CCN(CC)C(=O)n1nnn(C2=C(Cl)CCCC2)c1=O. The largest absolute Gasteiger partial charge is 0.377 e. The minimum atomic E-state index is -0.558. The van der Waals surface area contributed by atoms with Gasteiger partial charge in [-0.2, -0.15) is 4.68 Å². The minimum Gasteiger partial charge on any atom is -0.323 e. The van der Waals surface area contributed by atoms with Gasteiger partial charge in [0.25, 0.3) is 0 Å². The summed E-state index contributed by atoms with van der Waals surface area (Å²) < 4.78 is 1.93. The van der Waals surface area contributed by atoms with Crippen LogP contribution >= 0.6 is 11.6 Å². The molecule has 0 aliphatic heterocycles. The molecule has 0 N–H and O–H groups in total. The summed E-state index contributed by atoms with van der Waals surface area (Å²) in [5.41, 5.74) is 0.0958. The topological polar surface area (TPSA) is 73.0 Å². The molecule has 1 aromatic heterocycles. The van der Waals surface area contributed by atoms with Crippen LogP contribution in [0.4, 0.5) is 4.79 Å². The molecule has 7 nitrogen and oxygen atoms in total. The zero-order chi connectivity index (χ0) is 14.7. The number of hydrogen-bond donors (Lipinski definition) is 0. The molecule has 8 heteroatoms. The highest BCUT2D eigenvalue weighted by Gasteiger charge is 2.22. The number of carbonyl (C=O) groups excluding carboxylic acids is 1. The molecule has 0 saturated heterocycles. The Balaban J connectivity index is 2.37. The zero-order valence-electron chi connectivity index (χ0n) is 11.7. The van der Waals surface area contributed by atoms with Gasteiger partial charge in [0.15, 0.2) is 0 Å². The van der Waals surface area contributed by atoms with Gasteiger partial charge >= 0.3 is 11.7 Å². The van der Waals surface area contributed by atoms with Crippen LogP contribution in [0.1, 0.15) is 39.5 Å². The monoisotopic (exact) mass is 299 g/mol. The Bertz CT molecular complexity index is 585. The first-order valence-corrected chi connectivity index (χ1v) is 7.20. The lowest BCUT2D eigenvalue weighted by atomic mass is 10.0. The molecule has 0 atom stereocenters. The third-order valence-electron chi connectivity index (χ3n) is 3.43. The maximum atomic E-state index is 12.3. The van der Waals surface area contributed by atoms with Crippen LogP contribution in [0.2, 0.25) is 0 Å². The Kier molecular flexibility index (Phi) is 4.59. The fourth-order valence-electron chi connectivity index (χ4n) is 2.24. The smallest absolute Gasteiger partial charge is 0.323 e. The summed E-state index contributed by atoms with van der Waals surface area (Å²) >= 11 is 6.14. The molecule has 1 aliphatic rings. The average molecular weight is 300 g/mol. The van der Waals surface area contributed by atoms with E-state index in [-0.39, 0.29) is 0 Å². The van der Waals surface area contributed by atoms with Gasteiger partial charge in [-0.1, -0.05) is 11.6 Å². The molecule has 20 heavy (non-hydrogen) atoms. The molecule has 1 amide bonds. The summed E-state index contributed by atoms with van der Waals surface area (Å²) in [7, 11) is 0.